The summed E-state index contributed by atoms with van der Waals surface area (Å²) in [6.45, 7) is 2.33. The minimum Gasteiger partial charge on any atom is -0.208 e. The number of fused-ring (bicyclic) bond motifs is 9. The summed E-state index contributed by atoms with van der Waals surface area (Å²) in [5.41, 5.74) is 13.5. The summed E-state index contributed by atoms with van der Waals surface area (Å²) < 4.78 is 0. The molecule has 0 radical (unpaired) electrons. The molecule has 3 nitrogen and oxygen atoms in total. The molecule has 0 fully saturated rings. The van der Waals surface area contributed by atoms with Gasteiger partial charge in [-0.05, 0) is 62.9 Å². The second kappa shape index (κ2) is 9.55. The van der Waals surface area contributed by atoms with Crippen LogP contribution in [0.3, 0.4) is 0 Å². The molecule has 44 heavy (non-hydrogen) atoms. The SMILES string of the molecule is CC1C=CC2=C(C1)C1(c3cc(-c4nc(-c5ccccc5)nc(-c5ccccc5)n4)ccc32)c2ccccc2-c2ccccc21. The first-order valence-corrected chi connectivity index (χ1v) is 15.4. The molecule has 0 saturated carbocycles. The molecule has 1 atom stereocenters. The van der Waals surface area contributed by atoms with E-state index in [1.54, 1.807) is 0 Å². The monoisotopic (exact) mass is 563 g/mol. The molecule has 1 heterocycles. The molecule has 1 unspecified atom stereocenters. The smallest absolute Gasteiger partial charge is 0.164 e. The van der Waals surface area contributed by atoms with Crippen molar-refractivity contribution in [2.24, 2.45) is 5.92 Å². The highest BCUT2D eigenvalue weighted by atomic mass is 15.0. The first kappa shape index (κ1) is 25.1. The van der Waals surface area contributed by atoms with Crippen LogP contribution in [0, 0.1) is 5.92 Å². The van der Waals surface area contributed by atoms with Crippen molar-refractivity contribution in [1.82, 2.24) is 15.0 Å². The minimum absolute atomic E-state index is 0.343. The van der Waals surface area contributed by atoms with E-state index in [9.17, 15) is 0 Å². The predicted octanol–water partition coefficient (Wildman–Crippen LogP) is 9.55. The molecule has 0 amide bonds. The number of hydrogen-bond donors (Lipinski definition) is 0. The van der Waals surface area contributed by atoms with Crippen LogP contribution < -0.4 is 0 Å². The molecule has 208 valence electrons. The lowest BCUT2D eigenvalue weighted by atomic mass is 9.67. The van der Waals surface area contributed by atoms with Gasteiger partial charge < -0.3 is 0 Å². The lowest BCUT2D eigenvalue weighted by Gasteiger charge is -2.34. The van der Waals surface area contributed by atoms with Crippen molar-refractivity contribution >= 4 is 5.57 Å². The van der Waals surface area contributed by atoms with E-state index >= 15 is 0 Å². The quantitative estimate of drug-likeness (QED) is 0.215. The van der Waals surface area contributed by atoms with Gasteiger partial charge in [0.2, 0.25) is 0 Å². The average Bonchev–Trinajstić information content (AvgIpc) is 3.55. The predicted molar refractivity (Wildman–Crippen MR) is 178 cm³/mol. The van der Waals surface area contributed by atoms with Gasteiger partial charge in [0.05, 0.1) is 5.41 Å². The number of allylic oxidation sites excluding steroid dienone is 4. The highest BCUT2D eigenvalue weighted by Crippen LogP contribution is 2.64. The number of hydrogen-bond acceptors (Lipinski definition) is 3. The lowest BCUT2D eigenvalue weighted by molar-refractivity contribution is 0.630. The normalized spacial score (nSPS) is 16.9. The van der Waals surface area contributed by atoms with Crippen molar-refractivity contribution in [3.63, 3.8) is 0 Å². The molecule has 0 bridgehead atoms. The third-order valence-corrected chi connectivity index (χ3v) is 9.52. The van der Waals surface area contributed by atoms with Crippen LogP contribution in [0.1, 0.15) is 35.6 Å². The summed E-state index contributed by atoms with van der Waals surface area (Å²) in [6.07, 6.45) is 5.76. The maximum atomic E-state index is 5.08. The molecule has 3 heteroatoms. The Hall–Kier alpha value is -5.41. The van der Waals surface area contributed by atoms with Crippen molar-refractivity contribution in [2.75, 3.05) is 0 Å². The first-order valence-electron chi connectivity index (χ1n) is 15.4. The second-order valence-electron chi connectivity index (χ2n) is 12.1. The summed E-state index contributed by atoms with van der Waals surface area (Å²) in [5, 5.41) is 0. The molecule has 0 aliphatic heterocycles. The zero-order valence-corrected chi connectivity index (χ0v) is 24.4. The van der Waals surface area contributed by atoms with Gasteiger partial charge in [-0.1, -0.05) is 140 Å². The Kier molecular flexibility index (Phi) is 5.45. The Morgan fingerprint density at radius 1 is 0.523 bits per heavy atom. The van der Waals surface area contributed by atoms with Gasteiger partial charge in [-0.2, -0.15) is 0 Å². The molecular formula is C41H29N3. The summed E-state index contributed by atoms with van der Waals surface area (Å²) in [5.74, 6) is 2.51. The Labute approximate surface area is 257 Å². The van der Waals surface area contributed by atoms with E-state index in [4.69, 9.17) is 15.0 Å². The van der Waals surface area contributed by atoms with Crippen molar-refractivity contribution < 1.29 is 0 Å². The van der Waals surface area contributed by atoms with Crippen LogP contribution in [0.15, 0.2) is 145 Å². The van der Waals surface area contributed by atoms with E-state index in [1.807, 2.05) is 36.4 Å². The Bertz CT molecular complexity index is 2060. The van der Waals surface area contributed by atoms with E-state index < -0.39 is 0 Å². The largest absolute Gasteiger partial charge is 0.208 e. The van der Waals surface area contributed by atoms with Crippen LogP contribution in [0.2, 0.25) is 0 Å². The Balaban J connectivity index is 1.31. The van der Waals surface area contributed by atoms with Gasteiger partial charge in [-0.3, -0.25) is 0 Å². The maximum Gasteiger partial charge on any atom is 0.164 e. The van der Waals surface area contributed by atoms with E-state index in [1.165, 1.54) is 44.5 Å². The molecule has 6 aromatic rings. The van der Waals surface area contributed by atoms with Crippen LogP contribution in [0.4, 0.5) is 0 Å². The standard InChI is InChI=1S/C41H29N3/c1-26-20-22-32-33-23-21-29(40-43-38(27-12-4-2-5-13-27)42-39(44-40)28-14-6-3-7-15-28)25-37(33)41(36(32)24-26)34-18-10-8-16-30(34)31-17-9-11-19-35(31)41/h2-23,25-26H,24H2,1H3. The Morgan fingerprint density at radius 3 is 1.64 bits per heavy atom. The van der Waals surface area contributed by atoms with E-state index in [0.717, 1.165) is 23.1 Å². The minimum atomic E-state index is -0.343. The summed E-state index contributed by atoms with van der Waals surface area (Å²) in [7, 11) is 0. The van der Waals surface area contributed by atoms with Gasteiger partial charge in [0, 0.05) is 16.7 Å². The van der Waals surface area contributed by atoms with Crippen molar-refractivity contribution in [3.8, 4) is 45.3 Å². The van der Waals surface area contributed by atoms with Gasteiger partial charge >= 0.3 is 0 Å². The zero-order valence-electron chi connectivity index (χ0n) is 24.4. The summed E-state index contributed by atoms with van der Waals surface area (Å²) >= 11 is 0. The fourth-order valence-corrected chi connectivity index (χ4v) is 7.65. The molecule has 3 aliphatic carbocycles. The lowest BCUT2D eigenvalue weighted by Crippen LogP contribution is -2.28. The maximum absolute atomic E-state index is 5.08. The highest BCUT2D eigenvalue weighted by molar-refractivity contribution is 5.97. The zero-order chi connectivity index (χ0) is 29.3. The topological polar surface area (TPSA) is 38.7 Å². The molecule has 5 aromatic carbocycles. The van der Waals surface area contributed by atoms with Gasteiger partial charge in [-0.15, -0.1) is 0 Å². The third kappa shape index (κ3) is 3.53. The van der Waals surface area contributed by atoms with E-state index in [-0.39, 0.29) is 5.41 Å². The molecule has 3 aliphatic rings. The number of nitrogens with zero attached hydrogens (tertiary/aromatic N) is 3. The molecule has 0 N–H and O–H groups in total. The summed E-state index contributed by atoms with van der Waals surface area (Å²) in [4.78, 5) is 15.1. The van der Waals surface area contributed by atoms with Crippen LogP contribution in [-0.2, 0) is 5.41 Å². The van der Waals surface area contributed by atoms with Gasteiger partial charge in [0.25, 0.3) is 0 Å². The number of aromatic nitrogens is 3. The van der Waals surface area contributed by atoms with E-state index in [2.05, 4.69) is 110 Å². The highest BCUT2D eigenvalue weighted by Gasteiger charge is 2.53. The van der Waals surface area contributed by atoms with Crippen LogP contribution in [0.5, 0.6) is 0 Å². The van der Waals surface area contributed by atoms with Crippen LogP contribution in [0.25, 0.3) is 50.9 Å². The summed E-state index contributed by atoms with van der Waals surface area (Å²) in [6, 6.07) is 45.2. The second-order valence-corrected chi connectivity index (χ2v) is 12.1. The van der Waals surface area contributed by atoms with Crippen molar-refractivity contribution in [3.05, 3.63) is 167 Å². The van der Waals surface area contributed by atoms with Gasteiger partial charge in [0.1, 0.15) is 0 Å². The number of rotatable bonds is 3. The first-order chi connectivity index (χ1) is 21.7. The van der Waals surface area contributed by atoms with Crippen molar-refractivity contribution in [1.29, 1.82) is 0 Å². The Morgan fingerprint density at radius 2 is 1.05 bits per heavy atom. The van der Waals surface area contributed by atoms with Gasteiger partial charge in [0.15, 0.2) is 17.5 Å². The van der Waals surface area contributed by atoms with Crippen LogP contribution >= 0.6 is 0 Å². The fourth-order valence-electron chi connectivity index (χ4n) is 7.65. The fraction of sp³-hybridized carbons (Fsp3) is 0.0976. The van der Waals surface area contributed by atoms with Crippen molar-refractivity contribution in [2.45, 2.75) is 18.8 Å². The number of benzene rings is 5. The van der Waals surface area contributed by atoms with E-state index in [0.29, 0.717) is 23.4 Å². The molecular weight excluding hydrogens is 534 g/mol. The van der Waals surface area contributed by atoms with Gasteiger partial charge in [-0.25, -0.2) is 15.0 Å². The van der Waals surface area contributed by atoms with Crippen LogP contribution in [-0.4, -0.2) is 15.0 Å². The third-order valence-electron chi connectivity index (χ3n) is 9.52. The molecule has 1 aromatic heterocycles. The molecule has 0 saturated heterocycles. The molecule has 1 spiro atoms. The average molecular weight is 564 g/mol. The molecule has 9 rings (SSSR count).